The monoisotopic (exact) mass is 480 g/mol. The van der Waals surface area contributed by atoms with Gasteiger partial charge in [-0.05, 0) is 49.9 Å². The number of aromatic nitrogens is 2. The minimum atomic E-state index is 0.0275. The van der Waals surface area contributed by atoms with Crippen molar-refractivity contribution in [2.75, 3.05) is 18.4 Å². The zero-order valence-electron chi connectivity index (χ0n) is 18.5. The molecular weight excluding hydrogens is 456 g/mol. The van der Waals surface area contributed by atoms with Crippen molar-refractivity contribution in [1.29, 1.82) is 0 Å². The van der Waals surface area contributed by atoms with E-state index in [1.54, 1.807) is 29.0 Å². The second-order valence-electron chi connectivity index (χ2n) is 8.61. The van der Waals surface area contributed by atoms with E-state index in [0.717, 1.165) is 41.0 Å². The van der Waals surface area contributed by atoms with Crippen molar-refractivity contribution in [3.63, 3.8) is 0 Å². The van der Waals surface area contributed by atoms with Gasteiger partial charge in [0.15, 0.2) is 5.58 Å². The molecule has 6 nitrogen and oxygen atoms in total. The number of nitrogens with one attached hydrogen (secondary N) is 1. The van der Waals surface area contributed by atoms with Crippen LogP contribution in [0.25, 0.3) is 21.5 Å². The number of hydrogen-bond donors (Lipinski definition) is 1. The molecule has 0 bridgehead atoms. The molecule has 0 aliphatic carbocycles. The van der Waals surface area contributed by atoms with Crippen LogP contribution in [0.2, 0.25) is 5.02 Å². The summed E-state index contributed by atoms with van der Waals surface area (Å²) in [6.45, 7) is 5.52. The van der Waals surface area contributed by atoms with Gasteiger partial charge in [-0.25, -0.2) is 0 Å². The molecule has 0 spiro atoms. The van der Waals surface area contributed by atoms with Gasteiger partial charge in [0.2, 0.25) is 0 Å². The number of rotatable bonds is 5. The minimum absolute atomic E-state index is 0.0275. The van der Waals surface area contributed by atoms with Crippen molar-refractivity contribution in [2.45, 2.75) is 32.7 Å². The Hall–Kier alpha value is -2.90. The molecule has 3 heterocycles. The molecule has 1 N–H and O–H groups in total. The lowest BCUT2D eigenvalue weighted by molar-refractivity contribution is 0.0540. The quantitative estimate of drug-likeness (QED) is 0.364. The van der Waals surface area contributed by atoms with Crippen molar-refractivity contribution in [1.82, 2.24) is 14.9 Å². The van der Waals surface area contributed by atoms with E-state index in [4.69, 9.17) is 16.0 Å². The summed E-state index contributed by atoms with van der Waals surface area (Å²) in [4.78, 5) is 25.6. The Morgan fingerprint density at radius 1 is 1.30 bits per heavy atom. The second-order valence-corrected chi connectivity index (χ2v) is 9.93. The van der Waals surface area contributed by atoms with Crippen LogP contribution in [0, 0.1) is 12.8 Å². The topological polar surface area (TPSA) is 71.3 Å². The maximum absolute atomic E-state index is 13.8. The zero-order valence-corrected chi connectivity index (χ0v) is 20.1. The van der Waals surface area contributed by atoms with Crippen LogP contribution in [0.3, 0.4) is 0 Å². The molecule has 2 aromatic heterocycles. The third-order valence-corrected chi connectivity index (χ3v) is 7.33. The highest BCUT2D eigenvalue weighted by Gasteiger charge is 2.33. The van der Waals surface area contributed by atoms with Crippen molar-refractivity contribution in [3.05, 3.63) is 64.3 Å². The van der Waals surface area contributed by atoms with E-state index in [-0.39, 0.29) is 11.9 Å². The van der Waals surface area contributed by atoms with Gasteiger partial charge in [-0.2, -0.15) is 4.98 Å². The van der Waals surface area contributed by atoms with Gasteiger partial charge in [-0.3, -0.25) is 9.78 Å². The number of hydrogen-bond acceptors (Lipinski definition) is 6. The molecule has 1 unspecified atom stereocenters. The Morgan fingerprint density at radius 2 is 2.18 bits per heavy atom. The van der Waals surface area contributed by atoms with Crippen molar-refractivity contribution in [3.8, 4) is 10.4 Å². The fourth-order valence-electron chi connectivity index (χ4n) is 4.53. The van der Waals surface area contributed by atoms with Gasteiger partial charge in [0.1, 0.15) is 5.52 Å². The Balaban J connectivity index is 1.40. The smallest absolute Gasteiger partial charge is 0.295 e. The van der Waals surface area contributed by atoms with Gasteiger partial charge in [0.05, 0.1) is 16.4 Å². The maximum Gasteiger partial charge on any atom is 0.295 e. The largest absolute Gasteiger partial charge is 0.424 e. The van der Waals surface area contributed by atoms with Crippen molar-refractivity contribution < 1.29 is 9.21 Å². The first-order valence-electron chi connectivity index (χ1n) is 11.1. The normalized spacial score (nSPS) is 18.6. The highest BCUT2D eigenvalue weighted by Crippen LogP contribution is 2.32. The number of carbonyl (C=O) groups excluding carboxylic acids is 1. The average molecular weight is 481 g/mol. The summed E-state index contributed by atoms with van der Waals surface area (Å²) >= 11 is 7.62. The van der Waals surface area contributed by atoms with Gasteiger partial charge < -0.3 is 14.6 Å². The number of anilines is 1. The van der Waals surface area contributed by atoms with Gasteiger partial charge >= 0.3 is 0 Å². The summed E-state index contributed by atoms with van der Waals surface area (Å²) < 4.78 is 5.82. The van der Waals surface area contributed by atoms with Crippen LogP contribution in [0.4, 0.5) is 6.01 Å². The van der Waals surface area contributed by atoms with Crippen LogP contribution in [-0.4, -0.2) is 39.9 Å². The summed E-state index contributed by atoms with van der Waals surface area (Å²) in [7, 11) is 0. The number of oxazole rings is 1. The van der Waals surface area contributed by atoms with Crippen LogP contribution < -0.4 is 5.32 Å². The number of halogens is 1. The van der Waals surface area contributed by atoms with E-state index >= 15 is 0 Å². The van der Waals surface area contributed by atoms with Gasteiger partial charge in [0, 0.05) is 35.4 Å². The first-order valence-corrected chi connectivity index (χ1v) is 12.4. The molecule has 1 saturated heterocycles. The Labute approximate surface area is 201 Å². The van der Waals surface area contributed by atoms with E-state index in [1.807, 2.05) is 42.3 Å². The van der Waals surface area contributed by atoms with Crippen LogP contribution in [0.15, 0.2) is 52.5 Å². The predicted molar refractivity (Wildman–Crippen MR) is 133 cm³/mol. The van der Waals surface area contributed by atoms with Gasteiger partial charge in [-0.15, -0.1) is 11.3 Å². The summed E-state index contributed by atoms with van der Waals surface area (Å²) in [5.41, 5.74) is 5.93. The second kappa shape index (κ2) is 9.15. The predicted octanol–water partition coefficient (Wildman–Crippen LogP) is 6.27. The maximum atomic E-state index is 13.8. The number of benzene rings is 2. The summed E-state index contributed by atoms with van der Waals surface area (Å²) in [5, 5.41) is 3.94. The van der Waals surface area contributed by atoms with E-state index < -0.39 is 0 Å². The Bertz CT molecular complexity index is 1290. The molecule has 4 aromatic rings. The molecule has 0 radical (unpaired) electrons. The number of aryl methyl sites for hydroxylation is 1. The first kappa shape index (κ1) is 21.9. The summed E-state index contributed by atoms with van der Waals surface area (Å²) in [6, 6.07) is 11.9. The standard InChI is InChI=1S/C25H25ClN4O2S/c1-15-5-7-18(23-13-27-14-33-23)19(10-15)24(31)30-9-3-4-16(2)21(30)12-28-25-29-20-11-17(26)6-8-22(20)32-25/h5-8,10-11,13-14,16,21H,3-4,9,12H2,1-2H3,(H,28,29)/t16-,21?/m1/s1. The number of amides is 1. The molecular formula is C25H25ClN4O2S. The molecule has 5 rings (SSSR count). The SMILES string of the molecule is Cc1ccc(-c2cncs2)c(C(=O)N2CCC[C@@H](C)C2CNc2nc3cc(Cl)ccc3o2)c1. The number of piperidine rings is 1. The summed E-state index contributed by atoms with van der Waals surface area (Å²) in [6.07, 6.45) is 3.89. The fourth-order valence-corrected chi connectivity index (χ4v) is 5.36. The van der Waals surface area contributed by atoms with Gasteiger partial charge in [-0.1, -0.05) is 36.2 Å². The fraction of sp³-hybridized carbons (Fsp3) is 0.320. The van der Waals surface area contributed by atoms with Crippen molar-refractivity contribution >= 4 is 46.0 Å². The highest BCUT2D eigenvalue weighted by atomic mass is 35.5. The third-order valence-electron chi connectivity index (χ3n) is 6.29. The lowest BCUT2D eigenvalue weighted by Crippen LogP contribution is -2.51. The van der Waals surface area contributed by atoms with Crippen LogP contribution in [0.1, 0.15) is 35.7 Å². The highest BCUT2D eigenvalue weighted by molar-refractivity contribution is 7.13. The number of nitrogens with zero attached hydrogens (tertiary/aromatic N) is 3. The van der Waals surface area contributed by atoms with Gasteiger partial charge in [0.25, 0.3) is 11.9 Å². The lowest BCUT2D eigenvalue weighted by atomic mass is 9.89. The molecule has 170 valence electrons. The molecule has 2 aromatic carbocycles. The number of thiazole rings is 1. The van der Waals surface area contributed by atoms with E-state index in [0.29, 0.717) is 34.6 Å². The molecule has 0 saturated carbocycles. The van der Waals surface area contributed by atoms with E-state index in [1.165, 1.54) is 0 Å². The minimum Gasteiger partial charge on any atom is -0.424 e. The number of fused-ring (bicyclic) bond motifs is 1. The van der Waals surface area contributed by atoms with Crippen LogP contribution in [0.5, 0.6) is 0 Å². The zero-order chi connectivity index (χ0) is 22.9. The average Bonchev–Trinajstić information content (AvgIpc) is 3.47. The molecule has 2 atom stereocenters. The van der Waals surface area contributed by atoms with E-state index in [9.17, 15) is 4.79 Å². The number of carbonyl (C=O) groups is 1. The molecule has 1 amide bonds. The molecule has 33 heavy (non-hydrogen) atoms. The molecule has 8 heteroatoms. The Kier molecular flexibility index (Phi) is 6.08. The molecule has 1 aliphatic rings. The van der Waals surface area contributed by atoms with Crippen LogP contribution in [-0.2, 0) is 0 Å². The summed E-state index contributed by atoms with van der Waals surface area (Å²) in [5.74, 6) is 0.412. The van der Waals surface area contributed by atoms with Crippen molar-refractivity contribution in [2.24, 2.45) is 5.92 Å². The number of likely N-dealkylation sites (tertiary alicyclic amines) is 1. The first-order chi connectivity index (χ1) is 16.0. The molecule has 1 fully saturated rings. The lowest BCUT2D eigenvalue weighted by Gasteiger charge is -2.40. The molecule has 1 aliphatic heterocycles. The van der Waals surface area contributed by atoms with E-state index in [2.05, 4.69) is 22.2 Å². The third kappa shape index (κ3) is 4.48. The van der Waals surface area contributed by atoms with Crippen LogP contribution >= 0.6 is 22.9 Å². The Morgan fingerprint density at radius 3 is 3.00 bits per heavy atom.